The molecule has 13 heavy (non-hydrogen) atoms. The molecule has 0 aliphatic carbocycles. The van der Waals surface area contributed by atoms with Gasteiger partial charge < -0.3 is 4.74 Å². The average Bonchev–Trinajstić information content (AvgIpc) is 2.03. The van der Waals surface area contributed by atoms with Gasteiger partial charge in [0.15, 0.2) is 0 Å². The van der Waals surface area contributed by atoms with Crippen molar-refractivity contribution in [2.75, 3.05) is 11.8 Å². The summed E-state index contributed by atoms with van der Waals surface area (Å²) < 4.78 is 37.4. The van der Waals surface area contributed by atoms with Gasteiger partial charge >= 0.3 is 10.3 Å². The summed E-state index contributed by atoms with van der Waals surface area (Å²) in [6.45, 7) is 0. The molecule has 0 unspecified atom stereocenters. The van der Waals surface area contributed by atoms with E-state index in [0.29, 0.717) is 5.75 Å². The van der Waals surface area contributed by atoms with Crippen molar-refractivity contribution in [1.82, 2.24) is 0 Å². The fourth-order valence-corrected chi connectivity index (χ4v) is 1.23. The highest BCUT2D eigenvalue weighted by molar-refractivity contribution is 7.86. The highest BCUT2D eigenvalue weighted by atomic mass is 32.2. The Morgan fingerprint density at radius 1 is 1.23 bits per heavy atom. The van der Waals surface area contributed by atoms with Crippen molar-refractivity contribution in [3.05, 3.63) is 24.3 Å². The minimum absolute atomic E-state index is 0.218. The van der Waals surface area contributed by atoms with E-state index >= 15 is 0 Å². The Morgan fingerprint density at radius 3 is 2.15 bits per heavy atom. The predicted octanol–water partition coefficient (Wildman–Crippen LogP) is 0.782. The van der Waals surface area contributed by atoms with E-state index in [1.807, 2.05) is 0 Å². The molecule has 71 valence electrons. The fourth-order valence-electron chi connectivity index (χ4n) is 0.803. The summed E-state index contributed by atoms with van der Waals surface area (Å²) in [6, 6.07) is 5.98. The first kappa shape index (κ1) is 9.82. The van der Waals surface area contributed by atoms with E-state index in [1.165, 1.54) is 19.2 Å². The van der Waals surface area contributed by atoms with Gasteiger partial charge in [-0.1, -0.05) is 4.55 Å². The van der Waals surface area contributed by atoms with Crippen LogP contribution < -0.4 is 9.46 Å². The van der Waals surface area contributed by atoms with Crippen LogP contribution in [0.25, 0.3) is 0 Å². The molecule has 0 aliphatic rings. The SMILES string of the molecule is COc1ccc(NS([O])(=O)=O)cc1. The molecule has 0 spiro atoms. The second kappa shape index (κ2) is 3.63. The number of ether oxygens (including phenoxy) is 1. The van der Waals surface area contributed by atoms with Crippen molar-refractivity contribution >= 4 is 16.0 Å². The zero-order valence-corrected chi connectivity index (χ0v) is 7.67. The monoisotopic (exact) mass is 202 g/mol. The van der Waals surface area contributed by atoms with Crippen molar-refractivity contribution in [2.45, 2.75) is 0 Å². The first-order valence-electron chi connectivity index (χ1n) is 3.39. The Balaban J connectivity index is 2.81. The summed E-state index contributed by atoms with van der Waals surface area (Å²) in [4.78, 5) is 0. The summed E-state index contributed by atoms with van der Waals surface area (Å²) >= 11 is 0. The van der Waals surface area contributed by atoms with Gasteiger partial charge in [-0.25, -0.2) is 0 Å². The molecule has 0 aromatic heterocycles. The first-order valence-corrected chi connectivity index (χ1v) is 4.80. The third-order valence-electron chi connectivity index (χ3n) is 1.33. The molecule has 0 atom stereocenters. The Hall–Kier alpha value is -1.27. The highest BCUT2D eigenvalue weighted by Gasteiger charge is 2.05. The second-order valence-electron chi connectivity index (χ2n) is 2.28. The summed E-state index contributed by atoms with van der Waals surface area (Å²) in [5.41, 5.74) is 0.218. The van der Waals surface area contributed by atoms with E-state index in [1.54, 1.807) is 16.9 Å². The van der Waals surface area contributed by atoms with Gasteiger partial charge in [-0.2, -0.15) is 8.42 Å². The number of nitrogens with one attached hydrogen (secondary N) is 1. The minimum Gasteiger partial charge on any atom is -0.497 e. The van der Waals surface area contributed by atoms with Crippen molar-refractivity contribution in [1.29, 1.82) is 0 Å². The van der Waals surface area contributed by atoms with Crippen LogP contribution in [-0.2, 0) is 14.9 Å². The molecule has 0 bridgehead atoms. The van der Waals surface area contributed by atoms with Crippen molar-refractivity contribution in [2.24, 2.45) is 0 Å². The number of benzene rings is 1. The average molecular weight is 202 g/mol. The number of anilines is 1. The molecule has 0 aliphatic heterocycles. The largest absolute Gasteiger partial charge is 0.497 e. The van der Waals surface area contributed by atoms with E-state index in [0.717, 1.165) is 0 Å². The van der Waals surface area contributed by atoms with Crippen LogP contribution in [0.4, 0.5) is 5.69 Å². The normalized spacial score (nSPS) is 10.9. The number of hydrogen-bond donors (Lipinski definition) is 1. The minimum atomic E-state index is -4.44. The third kappa shape index (κ3) is 3.30. The van der Waals surface area contributed by atoms with Crippen molar-refractivity contribution in [3.8, 4) is 5.75 Å². The van der Waals surface area contributed by atoms with Crippen LogP contribution in [0.15, 0.2) is 24.3 Å². The molecule has 1 N–H and O–H groups in total. The van der Waals surface area contributed by atoms with Gasteiger partial charge in [-0.15, -0.1) is 0 Å². The van der Waals surface area contributed by atoms with Crippen molar-refractivity contribution in [3.63, 3.8) is 0 Å². The molecular formula is C7H8NO4S. The zero-order valence-electron chi connectivity index (χ0n) is 6.85. The number of hydrogen-bond acceptors (Lipinski definition) is 3. The van der Waals surface area contributed by atoms with Crippen LogP contribution in [0.3, 0.4) is 0 Å². The molecular weight excluding hydrogens is 194 g/mol. The van der Waals surface area contributed by atoms with E-state index < -0.39 is 10.3 Å². The van der Waals surface area contributed by atoms with E-state index in [4.69, 9.17) is 4.74 Å². The molecule has 1 radical (unpaired) electrons. The lowest BCUT2D eigenvalue weighted by atomic mass is 10.3. The second-order valence-corrected chi connectivity index (χ2v) is 3.40. The summed E-state index contributed by atoms with van der Waals surface area (Å²) in [7, 11) is -2.94. The first-order chi connectivity index (χ1) is 6.01. The Labute approximate surface area is 76.2 Å². The quantitative estimate of drug-likeness (QED) is 0.787. The molecule has 6 heteroatoms. The Morgan fingerprint density at radius 2 is 1.77 bits per heavy atom. The zero-order chi connectivity index (χ0) is 9.90. The molecule has 1 rings (SSSR count). The third-order valence-corrected chi connectivity index (χ3v) is 1.82. The van der Waals surface area contributed by atoms with E-state index in [-0.39, 0.29) is 5.69 Å². The maximum Gasteiger partial charge on any atom is 0.387 e. The smallest absolute Gasteiger partial charge is 0.387 e. The summed E-state index contributed by atoms with van der Waals surface area (Å²) in [5.74, 6) is 0.592. The standard InChI is InChI=1S/C7H8NO4S/c1-12-7-4-2-6(3-5-7)8-13(9,10)11/h2-5,8H,1H3. The van der Waals surface area contributed by atoms with Gasteiger partial charge in [0.1, 0.15) is 5.75 Å². The molecule has 0 amide bonds. The predicted molar refractivity (Wildman–Crippen MR) is 46.2 cm³/mol. The van der Waals surface area contributed by atoms with Gasteiger partial charge in [-0.05, 0) is 24.3 Å². The van der Waals surface area contributed by atoms with Gasteiger partial charge in [0, 0.05) is 0 Å². The maximum absolute atomic E-state index is 10.3. The molecule has 0 saturated carbocycles. The van der Waals surface area contributed by atoms with E-state index in [2.05, 4.69) is 0 Å². The topological polar surface area (TPSA) is 75.3 Å². The molecule has 1 aromatic rings. The van der Waals surface area contributed by atoms with Gasteiger partial charge in [-0.3, -0.25) is 4.72 Å². The van der Waals surface area contributed by atoms with E-state index in [9.17, 15) is 13.0 Å². The van der Waals surface area contributed by atoms with Crippen LogP contribution in [0, 0.1) is 0 Å². The van der Waals surface area contributed by atoms with Gasteiger partial charge in [0.2, 0.25) is 0 Å². The summed E-state index contributed by atoms with van der Waals surface area (Å²) in [6.07, 6.45) is 0. The van der Waals surface area contributed by atoms with Crippen LogP contribution in [-0.4, -0.2) is 15.5 Å². The Kier molecular flexibility index (Phi) is 2.74. The van der Waals surface area contributed by atoms with Gasteiger partial charge in [0.05, 0.1) is 12.8 Å². The lowest BCUT2D eigenvalue weighted by Crippen LogP contribution is -2.08. The van der Waals surface area contributed by atoms with Crippen LogP contribution in [0.5, 0.6) is 5.75 Å². The summed E-state index contributed by atoms with van der Waals surface area (Å²) in [5, 5.41) is 0. The van der Waals surface area contributed by atoms with Crippen LogP contribution in [0.2, 0.25) is 0 Å². The molecule has 0 fully saturated rings. The fraction of sp³-hybridized carbons (Fsp3) is 0.143. The number of rotatable bonds is 3. The molecule has 5 nitrogen and oxygen atoms in total. The van der Waals surface area contributed by atoms with Crippen molar-refractivity contribution < 1.29 is 17.7 Å². The van der Waals surface area contributed by atoms with Crippen LogP contribution in [0.1, 0.15) is 0 Å². The van der Waals surface area contributed by atoms with Crippen LogP contribution >= 0.6 is 0 Å². The number of methoxy groups -OCH3 is 1. The van der Waals surface area contributed by atoms with Gasteiger partial charge in [0.25, 0.3) is 0 Å². The highest BCUT2D eigenvalue weighted by Crippen LogP contribution is 2.15. The molecule has 0 heterocycles. The molecule has 1 aromatic carbocycles. The lowest BCUT2D eigenvalue weighted by molar-refractivity contribution is 0.414. The maximum atomic E-state index is 10.3. The molecule has 0 saturated heterocycles. The Bertz CT molecular complexity index is 370. The lowest BCUT2D eigenvalue weighted by Gasteiger charge is -2.02.